The smallest absolute Gasteiger partial charge is 0.255 e. The van der Waals surface area contributed by atoms with Crippen LogP contribution in [0, 0.1) is 0 Å². The van der Waals surface area contributed by atoms with Gasteiger partial charge in [-0.05, 0) is 42.8 Å². The van der Waals surface area contributed by atoms with E-state index in [4.69, 9.17) is 4.74 Å². The van der Waals surface area contributed by atoms with Crippen LogP contribution < -0.4 is 10.1 Å². The first-order valence-electron chi connectivity index (χ1n) is 6.39. The van der Waals surface area contributed by atoms with Crippen molar-refractivity contribution in [1.29, 1.82) is 0 Å². The van der Waals surface area contributed by atoms with Crippen LogP contribution in [0.15, 0.2) is 54.6 Å². The van der Waals surface area contributed by atoms with Gasteiger partial charge in [0.1, 0.15) is 5.75 Å². The van der Waals surface area contributed by atoms with Crippen molar-refractivity contribution in [2.24, 2.45) is 0 Å². The van der Waals surface area contributed by atoms with Gasteiger partial charge in [0, 0.05) is 11.3 Å². The van der Waals surface area contributed by atoms with Crippen molar-refractivity contribution in [2.45, 2.75) is 13.3 Å². The molecule has 3 heteroatoms. The molecule has 0 atom stereocenters. The molecular weight excluding hydrogens is 238 g/mol. The fourth-order valence-electron chi connectivity index (χ4n) is 1.65. The summed E-state index contributed by atoms with van der Waals surface area (Å²) in [5, 5.41) is 2.85. The van der Waals surface area contributed by atoms with Crippen molar-refractivity contribution in [3.63, 3.8) is 0 Å². The van der Waals surface area contributed by atoms with E-state index in [1.54, 1.807) is 12.1 Å². The summed E-state index contributed by atoms with van der Waals surface area (Å²) in [7, 11) is 0. The summed E-state index contributed by atoms with van der Waals surface area (Å²) in [5.74, 6) is 0.711. The number of carbonyl (C=O) groups is 1. The summed E-state index contributed by atoms with van der Waals surface area (Å²) in [6.07, 6.45) is 0.979. The SMILES string of the molecule is CCCOc1ccc(NC(=O)c2ccccc2)cc1. The summed E-state index contributed by atoms with van der Waals surface area (Å²) in [4.78, 5) is 11.9. The lowest BCUT2D eigenvalue weighted by molar-refractivity contribution is 0.102. The molecular formula is C16H17NO2. The van der Waals surface area contributed by atoms with Crippen molar-refractivity contribution in [3.05, 3.63) is 60.2 Å². The zero-order chi connectivity index (χ0) is 13.5. The molecule has 2 aromatic carbocycles. The van der Waals surface area contributed by atoms with Crippen molar-refractivity contribution in [1.82, 2.24) is 0 Å². The van der Waals surface area contributed by atoms with E-state index in [1.807, 2.05) is 42.5 Å². The summed E-state index contributed by atoms with van der Waals surface area (Å²) in [6.45, 7) is 2.77. The number of anilines is 1. The molecule has 0 saturated heterocycles. The Morgan fingerprint density at radius 1 is 1.05 bits per heavy atom. The van der Waals surface area contributed by atoms with Gasteiger partial charge in [-0.3, -0.25) is 4.79 Å². The first-order valence-corrected chi connectivity index (χ1v) is 6.39. The van der Waals surface area contributed by atoms with Gasteiger partial charge in [0.05, 0.1) is 6.61 Å². The lowest BCUT2D eigenvalue weighted by Crippen LogP contribution is -2.11. The largest absolute Gasteiger partial charge is 0.494 e. The van der Waals surface area contributed by atoms with Crippen molar-refractivity contribution in [3.8, 4) is 5.75 Å². The number of amides is 1. The zero-order valence-corrected chi connectivity index (χ0v) is 10.9. The van der Waals surface area contributed by atoms with Crippen LogP contribution in [-0.4, -0.2) is 12.5 Å². The van der Waals surface area contributed by atoms with E-state index >= 15 is 0 Å². The topological polar surface area (TPSA) is 38.3 Å². The highest BCUT2D eigenvalue weighted by atomic mass is 16.5. The quantitative estimate of drug-likeness (QED) is 0.884. The molecule has 0 fully saturated rings. The van der Waals surface area contributed by atoms with Crippen LogP contribution in [0.3, 0.4) is 0 Å². The highest BCUT2D eigenvalue weighted by Gasteiger charge is 2.04. The lowest BCUT2D eigenvalue weighted by Gasteiger charge is -2.07. The number of rotatable bonds is 5. The van der Waals surface area contributed by atoms with Gasteiger partial charge in [0.2, 0.25) is 0 Å². The molecule has 1 N–H and O–H groups in total. The third-order valence-corrected chi connectivity index (χ3v) is 2.62. The Bertz CT molecular complexity index is 520. The summed E-state index contributed by atoms with van der Waals surface area (Å²) in [5.41, 5.74) is 1.41. The Labute approximate surface area is 113 Å². The van der Waals surface area contributed by atoms with Crippen LogP contribution in [0.25, 0.3) is 0 Å². The predicted octanol–water partition coefficient (Wildman–Crippen LogP) is 3.73. The highest BCUT2D eigenvalue weighted by molar-refractivity contribution is 6.04. The second-order valence-corrected chi connectivity index (χ2v) is 4.19. The van der Waals surface area contributed by atoms with Crippen molar-refractivity contribution < 1.29 is 9.53 Å². The Morgan fingerprint density at radius 3 is 2.37 bits per heavy atom. The maximum atomic E-state index is 11.9. The Hall–Kier alpha value is -2.29. The number of nitrogens with one attached hydrogen (secondary N) is 1. The molecule has 0 aliphatic rings. The predicted molar refractivity (Wildman–Crippen MR) is 76.6 cm³/mol. The van der Waals surface area contributed by atoms with Crippen molar-refractivity contribution in [2.75, 3.05) is 11.9 Å². The summed E-state index contributed by atoms with van der Waals surface area (Å²) < 4.78 is 5.49. The molecule has 0 aliphatic heterocycles. The van der Waals surface area contributed by atoms with Gasteiger partial charge in [0.15, 0.2) is 0 Å². The average molecular weight is 255 g/mol. The molecule has 0 heterocycles. The van der Waals surface area contributed by atoms with Gasteiger partial charge in [-0.25, -0.2) is 0 Å². The molecule has 0 spiro atoms. The van der Waals surface area contributed by atoms with Crippen LogP contribution in [0.4, 0.5) is 5.69 Å². The van der Waals surface area contributed by atoms with E-state index in [0.717, 1.165) is 17.9 Å². The van der Waals surface area contributed by atoms with E-state index in [9.17, 15) is 4.79 Å². The molecule has 98 valence electrons. The van der Waals surface area contributed by atoms with Gasteiger partial charge in [0.25, 0.3) is 5.91 Å². The number of ether oxygens (including phenoxy) is 1. The van der Waals surface area contributed by atoms with Crippen LogP contribution in [0.2, 0.25) is 0 Å². The molecule has 0 aromatic heterocycles. The fourth-order valence-corrected chi connectivity index (χ4v) is 1.65. The van der Waals surface area contributed by atoms with Crippen molar-refractivity contribution >= 4 is 11.6 Å². The fraction of sp³-hybridized carbons (Fsp3) is 0.188. The number of hydrogen-bond donors (Lipinski definition) is 1. The third-order valence-electron chi connectivity index (χ3n) is 2.62. The Morgan fingerprint density at radius 2 is 1.74 bits per heavy atom. The van der Waals surface area contributed by atoms with Gasteiger partial charge < -0.3 is 10.1 Å². The third kappa shape index (κ3) is 3.85. The number of benzene rings is 2. The lowest BCUT2D eigenvalue weighted by atomic mass is 10.2. The first kappa shape index (κ1) is 13.1. The highest BCUT2D eigenvalue weighted by Crippen LogP contribution is 2.16. The van der Waals surface area contributed by atoms with Crippen LogP contribution in [-0.2, 0) is 0 Å². The van der Waals surface area contributed by atoms with E-state index < -0.39 is 0 Å². The van der Waals surface area contributed by atoms with Gasteiger partial charge in [-0.1, -0.05) is 25.1 Å². The maximum absolute atomic E-state index is 11.9. The molecule has 0 unspecified atom stereocenters. The maximum Gasteiger partial charge on any atom is 0.255 e. The van der Waals surface area contributed by atoms with E-state index in [0.29, 0.717) is 12.2 Å². The molecule has 19 heavy (non-hydrogen) atoms. The van der Waals surface area contributed by atoms with E-state index in [-0.39, 0.29) is 5.91 Å². The van der Waals surface area contributed by atoms with Crippen LogP contribution >= 0.6 is 0 Å². The Kier molecular flexibility index (Phi) is 4.56. The second-order valence-electron chi connectivity index (χ2n) is 4.19. The minimum Gasteiger partial charge on any atom is -0.494 e. The number of hydrogen-bond acceptors (Lipinski definition) is 2. The second kappa shape index (κ2) is 6.59. The van der Waals surface area contributed by atoms with Gasteiger partial charge in [-0.2, -0.15) is 0 Å². The first-order chi connectivity index (χ1) is 9.29. The Balaban J connectivity index is 1.98. The zero-order valence-electron chi connectivity index (χ0n) is 10.9. The molecule has 2 aromatic rings. The normalized spacial score (nSPS) is 9.95. The van der Waals surface area contributed by atoms with Crippen LogP contribution in [0.1, 0.15) is 23.7 Å². The molecule has 0 bridgehead atoms. The molecule has 0 aliphatic carbocycles. The van der Waals surface area contributed by atoms with Crippen LogP contribution in [0.5, 0.6) is 5.75 Å². The molecule has 0 saturated carbocycles. The monoisotopic (exact) mass is 255 g/mol. The molecule has 1 amide bonds. The summed E-state index contributed by atoms with van der Waals surface area (Å²) >= 11 is 0. The van der Waals surface area contributed by atoms with Gasteiger partial charge in [-0.15, -0.1) is 0 Å². The van der Waals surface area contributed by atoms with Gasteiger partial charge >= 0.3 is 0 Å². The van der Waals surface area contributed by atoms with E-state index in [1.165, 1.54) is 0 Å². The molecule has 0 radical (unpaired) electrons. The average Bonchev–Trinajstić information content (AvgIpc) is 2.47. The minimum absolute atomic E-state index is 0.108. The summed E-state index contributed by atoms with van der Waals surface area (Å²) in [6, 6.07) is 16.5. The molecule has 2 rings (SSSR count). The standard InChI is InChI=1S/C16H17NO2/c1-2-12-19-15-10-8-14(9-11-15)17-16(18)13-6-4-3-5-7-13/h3-11H,2,12H2,1H3,(H,17,18). The molecule has 3 nitrogen and oxygen atoms in total. The number of carbonyl (C=O) groups excluding carboxylic acids is 1. The van der Waals surface area contributed by atoms with E-state index in [2.05, 4.69) is 12.2 Å². The minimum atomic E-state index is -0.108.